The van der Waals surface area contributed by atoms with Crippen LogP contribution in [-0.2, 0) is 38.7 Å². The molecule has 0 aromatic rings. The average molecular weight is 841 g/mol. The fourth-order valence-corrected chi connectivity index (χ4v) is 6.81. The van der Waals surface area contributed by atoms with Gasteiger partial charge in [-0.15, -0.1) is 0 Å². The van der Waals surface area contributed by atoms with E-state index in [1.54, 1.807) is 0 Å². The highest BCUT2D eigenvalue weighted by atomic mass is 32.2. The summed E-state index contributed by atoms with van der Waals surface area (Å²) in [6, 6.07) is 0. The van der Waals surface area contributed by atoms with Gasteiger partial charge < -0.3 is 34.3 Å². The van der Waals surface area contributed by atoms with E-state index in [1.165, 1.54) is 57.8 Å². The molecule has 6 atom stereocenters. The average Bonchev–Trinajstić information content (AvgIpc) is 3.18. The SMILES string of the molecule is CCCCC/C=C/C/C=C/C/C=C/CCCCC(=O)OC[C@H](CO[C@H]1O[C@H](CS(=O)(=O)O)[C@@H](O)C(O)C1O)OC(=O)CCCC/C=C/C/C=C/CCCCCCCC. The minimum absolute atomic E-state index is 0.111. The molecule has 0 saturated carbocycles. The van der Waals surface area contributed by atoms with Crippen molar-refractivity contribution in [3.05, 3.63) is 60.8 Å². The molecule has 1 aliphatic rings. The second-order valence-corrected chi connectivity index (χ2v) is 16.5. The lowest BCUT2D eigenvalue weighted by Gasteiger charge is -2.40. The predicted molar refractivity (Wildman–Crippen MR) is 229 cm³/mol. The van der Waals surface area contributed by atoms with Crippen LogP contribution in [0.1, 0.15) is 155 Å². The van der Waals surface area contributed by atoms with Gasteiger partial charge in [-0.05, 0) is 83.5 Å². The Hall–Kier alpha value is -2.65. The van der Waals surface area contributed by atoms with Crippen LogP contribution >= 0.6 is 0 Å². The zero-order valence-corrected chi connectivity index (χ0v) is 36.2. The van der Waals surface area contributed by atoms with E-state index in [9.17, 15) is 37.9 Å². The third-order valence-electron chi connectivity index (χ3n) is 9.57. The van der Waals surface area contributed by atoms with E-state index in [0.717, 1.165) is 57.8 Å². The Morgan fingerprint density at radius 1 is 0.586 bits per heavy atom. The fourth-order valence-electron chi connectivity index (χ4n) is 6.12. The Morgan fingerprint density at radius 2 is 1.03 bits per heavy atom. The second-order valence-electron chi connectivity index (χ2n) is 15.0. The van der Waals surface area contributed by atoms with Gasteiger partial charge in [0.1, 0.15) is 36.8 Å². The summed E-state index contributed by atoms with van der Waals surface area (Å²) in [5.41, 5.74) is 0. The molecule has 12 nitrogen and oxygen atoms in total. The maximum absolute atomic E-state index is 12.8. The summed E-state index contributed by atoms with van der Waals surface area (Å²) in [7, 11) is -4.61. The number of unbranched alkanes of at least 4 members (excludes halogenated alkanes) is 13. The lowest BCUT2D eigenvalue weighted by molar-refractivity contribution is -0.297. The molecule has 1 aliphatic heterocycles. The van der Waals surface area contributed by atoms with E-state index in [0.29, 0.717) is 12.8 Å². The standard InChI is InChI=1S/C45H76O12S/c1-3-5-7-9-11-13-15-17-19-21-23-25-27-29-31-33-40(46)54-35-38(36-55-45-44(50)43(49)42(48)39(57-45)37-58(51,52)53)56-41(47)34-32-30-28-26-24-22-20-18-16-14-12-10-8-6-4-2/h11,13,17-20,23-26,38-39,42-45,48-50H,3-10,12,14-16,21-22,27-37H2,1-2H3,(H,51,52,53)/b13-11+,19-17+,20-18+,25-23+,26-24+/t38-,39-,42-,43?,44?,45+/m1/s1. The number of aliphatic hydroxyl groups excluding tert-OH is 3. The van der Waals surface area contributed by atoms with Crippen molar-refractivity contribution in [2.45, 2.75) is 192 Å². The molecule has 0 aromatic carbocycles. The molecular weight excluding hydrogens is 765 g/mol. The first-order valence-electron chi connectivity index (χ1n) is 21.8. The van der Waals surface area contributed by atoms with Gasteiger partial charge in [-0.2, -0.15) is 8.42 Å². The van der Waals surface area contributed by atoms with Gasteiger partial charge in [-0.1, -0.05) is 120 Å². The van der Waals surface area contributed by atoms with Gasteiger partial charge in [0.05, 0.1) is 6.61 Å². The monoisotopic (exact) mass is 841 g/mol. The molecule has 0 aromatic heterocycles. The zero-order valence-electron chi connectivity index (χ0n) is 35.4. The molecule has 58 heavy (non-hydrogen) atoms. The number of rotatable bonds is 35. The van der Waals surface area contributed by atoms with Gasteiger partial charge in [-0.3, -0.25) is 14.1 Å². The molecule has 0 bridgehead atoms. The summed E-state index contributed by atoms with van der Waals surface area (Å²) in [5.74, 6) is -2.08. The number of aliphatic hydroxyl groups is 3. The van der Waals surface area contributed by atoms with E-state index in [2.05, 4.69) is 74.6 Å². The van der Waals surface area contributed by atoms with Crippen LogP contribution in [0.25, 0.3) is 0 Å². The molecule has 0 radical (unpaired) electrons. The Bertz CT molecular complexity index is 1310. The molecule has 1 saturated heterocycles. The van der Waals surface area contributed by atoms with Crippen LogP contribution in [0, 0.1) is 0 Å². The van der Waals surface area contributed by atoms with Crippen molar-refractivity contribution in [2.24, 2.45) is 0 Å². The van der Waals surface area contributed by atoms with E-state index in [4.69, 9.17) is 18.9 Å². The van der Waals surface area contributed by atoms with Gasteiger partial charge in [0, 0.05) is 12.8 Å². The fraction of sp³-hybridized carbons (Fsp3) is 0.733. The van der Waals surface area contributed by atoms with Crippen molar-refractivity contribution in [2.75, 3.05) is 19.0 Å². The van der Waals surface area contributed by atoms with Gasteiger partial charge in [0.2, 0.25) is 0 Å². The normalized spacial score (nSPS) is 21.0. The second kappa shape index (κ2) is 35.1. The number of hydrogen-bond donors (Lipinski definition) is 4. The van der Waals surface area contributed by atoms with Crippen LogP contribution in [0.3, 0.4) is 0 Å². The summed E-state index contributed by atoms with van der Waals surface area (Å²) in [5, 5.41) is 30.8. The van der Waals surface area contributed by atoms with Gasteiger partial charge in [-0.25, -0.2) is 0 Å². The highest BCUT2D eigenvalue weighted by Crippen LogP contribution is 2.24. The smallest absolute Gasteiger partial charge is 0.306 e. The zero-order chi connectivity index (χ0) is 42.7. The maximum Gasteiger partial charge on any atom is 0.306 e. The number of esters is 2. The van der Waals surface area contributed by atoms with Gasteiger partial charge >= 0.3 is 11.9 Å². The van der Waals surface area contributed by atoms with Crippen LogP contribution in [-0.4, -0.2) is 96.0 Å². The Morgan fingerprint density at radius 3 is 1.57 bits per heavy atom. The van der Waals surface area contributed by atoms with Crippen LogP contribution < -0.4 is 0 Å². The van der Waals surface area contributed by atoms with Gasteiger partial charge in [0.25, 0.3) is 10.1 Å². The van der Waals surface area contributed by atoms with E-state index in [-0.39, 0.29) is 19.4 Å². The molecule has 0 aliphatic carbocycles. The van der Waals surface area contributed by atoms with Gasteiger partial charge in [0.15, 0.2) is 12.4 Å². The first-order valence-corrected chi connectivity index (χ1v) is 23.5. The number of ether oxygens (including phenoxy) is 4. The first-order chi connectivity index (χ1) is 28.0. The molecule has 4 N–H and O–H groups in total. The third-order valence-corrected chi connectivity index (χ3v) is 10.3. The van der Waals surface area contributed by atoms with E-state index >= 15 is 0 Å². The van der Waals surface area contributed by atoms with Crippen LogP contribution in [0.2, 0.25) is 0 Å². The Labute approximate surface area is 349 Å². The number of carbonyl (C=O) groups excluding carboxylic acids is 2. The van der Waals surface area contributed by atoms with Crippen LogP contribution in [0.4, 0.5) is 0 Å². The number of hydrogen-bond acceptors (Lipinski definition) is 11. The maximum atomic E-state index is 12.8. The lowest BCUT2D eigenvalue weighted by atomic mass is 10.00. The van der Waals surface area contributed by atoms with Crippen molar-refractivity contribution in [1.29, 1.82) is 0 Å². The summed E-state index contributed by atoms with van der Waals surface area (Å²) in [6.45, 7) is 3.64. The minimum atomic E-state index is -4.61. The summed E-state index contributed by atoms with van der Waals surface area (Å²) in [4.78, 5) is 25.3. The van der Waals surface area contributed by atoms with Crippen molar-refractivity contribution in [3.8, 4) is 0 Å². The molecule has 0 amide bonds. The number of allylic oxidation sites excluding steroid dienone is 10. The van der Waals surface area contributed by atoms with Crippen LogP contribution in [0.5, 0.6) is 0 Å². The Balaban J connectivity index is 2.53. The summed E-state index contributed by atoms with van der Waals surface area (Å²) < 4.78 is 53.9. The molecule has 1 rings (SSSR count). The Kier molecular flexibility index (Phi) is 32.3. The molecule has 334 valence electrons. The molecular formula is C45H76O12S. The highest BCUT2D eigenvalue weighted by molar-refractivity contribution is 7.85. The summed E-state index contributed by atoms with van der Waals surface area (Å²) in [6.07, 6.45) is 32.7. The van der Waals surface area contributed by atoms with Crippen LogP contribution in [0.15, 0.2) is 60.8 Å². The largest absolute Gasteiger partial charge is 0.462 e. The van der Waals surface area contributed by atoms with Crippen molar-refractivity contribution in [3.63, 3.8) is 0 Å². The quantitative estimate of drug-likeness (QED) is 0.0207. The molecule has 2 unspecified atom stereocenters. The predicted octanol–water partition coefficient (Wildman–Crippen LogP) is 8.56. The molecule has 13 heteroatoms. The topological polar surface area (TPSA) is 186 Å². The van der Waals surface area contributed by atoms with E-state index in [1.807, 2.05) is 0 Å². The molecule has 1 heterocycles. The number of carbonyl (C=O) groups is 2. The van der Waals surface area contributed by atoms with Crippen molar-refractivity contribution >= 4 is 22.1 Å². The highest BCUT2D eigenvalue weighted by Gasteiger charge is 2.46. The molecule has 1 fully saturated rings. The summed E-state index contributed by atoms with van der Waals surface area (Å²) >= 11 is 0. The van der Waals surface area contributed by atoms with Crippen molar-refractivity contribution < 1.29 is 56.8 Å². The first kappa shape index (κ1) is 53.4. The van der Waals surface area contributed by atoms with Crippen molar-refractivity contribution in [1.82, 2.24) is 0 Å². The lowest BCUT2D eigenvalue weighted by Crippen LogP contribution is -2.60. The third kappa shape index (κ3) is 29.5. The minimum Gasteiger partial charge on any atom is -0.462 e. The van der Waals surface area contributed by atoms with E-state index < -0.39 is 71.2 Å². The molecule has 0 spiro atoms.